The van der Waals surface area contributed by atoms with E-state index in [9.17, 15) is 9.59 Å². The van der Waals surface area contributed by atoms with E-state index in [1.165, 1.54) is 0 Å². The average Bonchev–Trinajstić information content (AvgIpc) is 2.02. The first-order valence-electron chi connectivity index (χ1n) is 3.36. The molecule has 14 heavy (non-hydrogen) atoms. The molecule has 1 unspecified atom stereocenters. The van der Waals surface area contributed by atoms with Gasteiger partial charge in [0, 0.05) is 6.92 Å². The van der Waals surface area contributed by atoms with Crippen LogP contribution in [0, 0.1) is 0 Å². The molecule has 0 saturated heterocycles. The Morgan fingerprint density at radius 3 is 2.00 bits per heavy atom. The topological polar surface area (TPSA) is 145 Å². The molecule has 0 fully saturated rings. The van der Waals surface area contributed by atoms with E-state index < -0.39 is 30.1 Å². The maximum atomic E-state index is 10.4. The fourth-order valence-electron chi connectivity index (χ4n) is 0.590. The monoisotopic (exact) mass is 210 g/mol. The normalized spacial score (nSPS) is 16.2. The summed E-state index contributed by atoms with van der Waals surface area (Å²) in [6.07, 6.45) is -3.44. The molecular formula is C6H10O8. The van der Waals surface area contributed by atoms with Gasteiger partial charge in [-0.2, -0.15) is 0 Å². The molecule has 8 heteroatoms. The predicted octanol–water partition coefficient (Wildman–Crippen LogP) is -3.57. The number of carbonyl (C=O) groups excluding carboxylic acids is 2. The highest BCUT2D eigenvalue weighted by Crippen LogP contribution is 2.22. The van der Waals surface area contributed by atoms with Crippen molar-refractivity contribution >= 4 is 12.3 Å². The minimum absolute atomic E-state index is 0.548. The number of hydrogen-bond donors (Lipinski definition) is 5. The maximum Gasteiger partial charge on any atom is 0.327 e. The van der Waals surface area contributed by atoms with Gasteiger partial charge in [-0.05, 0) is 0 Å². The van der Waals surface area contributed by atoms with Gasteiger partial charge in [-0.3, -0.25) is 9.59 Å². The van der Waals surface area contributed by atoms with E-state index in [1.54, 1.807) is 0 Å². The van der Waals surface area contributed by atoms with Crippen LogP contribution < -0.4 is 0 Å². The highest BCUT2D eigenvalue weighted by atomic mass is 16.7. The second-order valence-corrected chi connectivity index (χ2v) is 2.51. The average molecular weight is 210 g/mol. The third-order valence-corrected chi connectivity index (χ3v) is 1.35. The predicted molar refractivity (Wildman–Crippen MR) is 38.2 cm³/mol. The second-order valence-electron chi connectivity index (χ2n) is 2.51. The number of esters is 1. The summed E-state index contributed by atoms with van der Waals surface area (Å²) >= 11 is 0. The number of carbonyl (C=O) groups is 2. The van der Waals surface area contributed by atoms with Crippen molar-refractivity contribution in [3.05, 3.63) is 0 Å². The molecule has 0 aliphatic heterocycles. The van der Waals surface area contributed by atoms with E-state index >= 15 is 0 Å². The first-order chi connectivity index (χ1) is 6.17. The lowest BCUT2D eigenvalue weighted by molar-refractivity contribution is -0.393. The highest BCUT2D eigenvalue weighted by Gasteiger charge is 2.57. The summed E-state index contributed by atoms with van der Waals surface area (Å²) in [5.41, 5.74) is 0. The molecule has 0 spiro atoms. The molecule has 82 valence electrons. The van der Waals surface area contributed by atoms with Gasteiger partial charge in [0.05, 0.1) is 0 Å². The van der Waals surface area contributed by atoms with Gasteiger partial charge in [-0.1, -0.05) is 0 Å². The Morgan fingerprint density at radius 2 is 1.79 bits per heavy atom. The molecule has 0 heterocycles. The van der Waals surface area contributed by atoms with Gasteiger partial charge in [0.25, 0.3) is 5.79 Å². The maximum absolute atomic E-state index is 10.4. The van der Waals surface area contributed by atoms with Crippen molar-refractivity contribution < 1.29 is 39.9 Å². The lowest BCUT2D eigenvalue weighted by atomic mass is 10.1. The number of rotatable bonds is 4. The minimum atomic E-state index is -3.71. The zero-order valence-electron chi connectivity index (χ0n) is 7.12. The van der Waals surface area contributed by atoms with E-state index in [1.807, 2.05) is 0 Å². The summed E-state index contributed by atoms with van der Waals surface area (Å²) in [6.45, 7) is 0.772. The summed E-state index contributed by atoms with van der Waals surface area (Å²) in [5, 5.41) is 43.6. The third kappa shape index (κ3) is 2.25. The van der Waals surface area contributed by atoms with Crippen molar-refractivity contribution in [1.29, 1.82) is 0 Å². The Labute approximate surface area is 78.0 Å². The lowest BCUT2D eigenvalue weighted by Gasteiger charge is -2.34. The van der Waals surface area contributed by atoms with E-state index in [0.717, 1.165) is 6.92 Å². The first-order valence-corrected chi connectivity index (χ1v) is 3.36. The van der Waals surface area contributed by atoms with Crippen LogP contribution >= 0.6 is 0 Å². The summed E-state index contributed by atoms with van der Waals surface area (Å²) in [6, 6.07) is 0. The van der Waals surface area contributed by atoms with E-state index in [2.05, 4.69) is 4.74 Å². The van der Waals surface area contributed by atoms with E-state index in [4.69, 9.17) is 25.5 Å². The number of aliphatic hydroxyl groups excluding tert-OH is 1. The van der Waals surface area contributed by atoms with Crippen molar-refractivity contribution in [1.82, 2.24) is 0 Å². The molecule has 0 aromatic carbocycles. The summed E-state index contributed by atoms with van der Waals surface area (Å²) in [5.74, 6) is -8.36. The Morgan fingerprint density at radius 1 is 1.36 bits per heavy atom. The molecule has 0 radical (unpaired) electrons. The molecule has 0 rings (SSSR count). The standard InChI is InChI=1S/C6H10O8/c1-3(8)14-5(11,2-7)6(12,13)4(9)10/h2,4,9-13H,1H3. The number of ether oxygens (including phenoxy) is 1. The number of aldehydes is 1. The van der Waals surface area contributed by atoms with Gasteiger partial charge in [-0.25, -0.2) is 0 Å². The van der Waals surface area contributed by atoms with Gasteiger partial charge < -0.3 is 30.3 Å². The molecule has 0 aromatic heterocycles. The van der Waals surface area contributed by atoms with Crippen LogP contribution in [0.2, 0.25) is 0 Å². The Kier molecular flexibility index (Phi) is 3.68. The van der Waals surface area contributed by atoms with Gasteiger partial charge in [-0.15, -0.1) is 0 Å². The summed E-state index contributed by atoms with van der Waals surface area (Å²) in [4.78, 5) is 20.6. The van der Waals surface area contributed by atoms with Crippen LogP contribution in [0.1, 0.15) is 6.92 Å². The molecule has 8 nitrogen and oxygen atoms in total. The molecular weight excluding hydrogens is 200 g/mol. The van der Waals surface area contributed by atoms with Gasteiger partial charge >= 0.3 is 11.8 Å². The van der Waals surface area contributed by atoms with Crippen molar-refractivity contribution in [3.63, 3.8) is 0 Å². The fraction of sp³-hybridized carbons (Fsp3) is 0.667. The van der Waals surface area contributed by atoms with Crippen LogP contribution in [0.15, 0.2) is 0 Å². The van der Waals surface area contributed by atoms with Crippen molar-refractivity contribution in [2.75, 3.05) is 0 Å². The third-order valence-electron chi connectivity index (χ3n) is 1.35. The largest absolute Gasteiger partial charge is 0.420 e. The van der Waals surface area contributed by atoms with Crippen molar-refractivity contribution in [2.24, 2.45) is 0 Å². The van der Waals surface area contributed by atoms with Crippen molar-refractivity contribution in [3.8, 4) is 0 Å². The zero-order valence-corrected chi connectivity index (χ0v) is 7.12. The van der Waals surface area contributed by atoms with Gasteiger partial charge in [0.2, 0.25) is 6.29 Å². The molecule has 0 bridgehead atoms. The highest BCUT2D eigenvalue weighted by molar-refractivity contribution is 5.72. The molecule has 0 aliphatic carbocycles. The van der Waals surface area contributed by atoms with Crippen LogP contribution in [-0.4, -0.2) is 55.7 Å². The fourth-order valence-corrected chi connectivity index (χ4v) is 0.590. The van der Waals surface area contributed by atoms with Crippen LogP contribution in [0.3, 0.4) is 0 Å². The van der Waals surface area contributed by atoms with Crippen LogP contribution in [0.5, 0.6) is 0 Å². The first kappa shape index (κ1) is 12.9. The summed E-state index contributed by atoms with van der Waals surface area (Å²) in [7, 11) is 0. The Balaban J connectivity index is 5.02. The SMILES string of the molecule is CC(=O)OC(O)(C=O)C(O)(O)C(O)O. The van der Waals surface area contributed by atoms with E-state index in [0.29, 0.717) is 0 Å². The second kappa shape index (κ2) is 3.98. The number of hydrogen-bond acceptors (Lipinski definition) is 8. The lowest BCUT2D eigenvalue weighted by Crippen LogP contribution is -2.64. The van der Waals surface area contributed by atoms with Crippen LogP contribution in [-0.2, 0) is 14.3 Å². The molecule has 1 atom stereocenters. The molecule has 0 aliphatic rings. The van der Waals surface area contributed by atoms with Gasteiger partial charge in [0.15, 0.2) is 6.29 Å². The van der Waals surface area contributed by atoms with Gasteiger partial charge in [0.1, 0.15) is 0 Å². The quantitative estimate of drug-likeness (QED) is 0.182. The summed E-state index contributed by atoms with van der Waals surface area (Å²) < 4.78 is 3.84. The van der Waals surface area contributed by atoms with E-state index in [-0.39, 0.29) is 0 Å². The van der Waals surface area contributed by atoms with Crippen LogP contribution in [0.4, 0.5) is 0 Å². The zero-order chi connectivity index (χ0) is 11.6. The van der Waals surface area contributed by atoms with Crippen molar-refractivity contribution in [2.45, 2.75) is 24.8 Å². The molecule has 0 aromatic rings. The smallest absolute Gasteiger partial charge is 0.327 e. The Bertz CT molecular complexity index is 234. The molecule has 0 amide bonds. The molecule has 0 saturated carbocycles. The molecule has 5 N–H and O–H groups in total. The minimum Gasteiger partial charge on any atom is -0.420 e. The van der Waals surface area contributed by atoms with Crippen LogP contribution in [0.25, 0.3) is 0 Å². The number of aliphatic hydroxyl groups is 5. The Hall–Kier alpha value is -1.06.